The molecular formula is C18H26FN3O2S. The molecule has 1 aromatic rings. The Balaban J connectivity index is 2.16. The molecule has 1 aromatic carbocycles. The monoisotopic (exact) mass is 367 g/mol. The number of carbonyl (C=O) groups is 2. The number of benzene rings is 1. The largest absolute Gasteiger partial charge is 0.353 e. The molecule has 1 aliphatic heterocycles. The predicted octanol–water partition coefficient (Wildman–Crippen LogP) is 2.04. The SMILES string of the molecule is CC(C)[C@H]1SC[C@H](C(=O)NCCN(C)C)N1C(=O)c1ccc(F)cc1. The molecule has 0 bridgehead atoms. The number of hydrogen-bond donors (Lipinski definition) is 1. The molecule has 0 spiro atoms. The Hall–Kier alpha value is -1.60. The van der Waals surface area contributed by atoms with Crippen molar-refractivity contribution in [2.45, 2.75) is 25.3 Å². The summed E-state index contributed by atoms with van der Waals surface area (Å²) in [6.07, 6.45) is 0. The van der Waals surface area contributed by atoms with Crippen LogP contribution in [0.1, 0.15) is 24.2 Å². The van der Waals surface area contributed by atoms with E-state index in [1.54, 1.807) is 16.7 Å². The molecule has 0 unspecified atom stereocenters. The average Bonchev–Trinajstić information content (AvgIpc) is 2.99. The first-order valence-electron chi connectivity index (χ1n) is 8.43. The van der Waals surface area contributed by atoms with E-state index in [-0.39, 0.29) is 28.9 Å². The second-order valence-corrected chi connectivity index (χ2v) is 7.95. The lowest BCUT2D eigenvalue weighted by atomic mass is 10.1. The molecule has 7 heteroatoms. The molecule has 1 N–H and O–H groups in total. The van der Waals surface area contributed by atoms with Gasteiger partial charge in [0.15, 0.2) is 0 Å². The third-order valence-corrected chi connectivity index (χ3v) is 5.71. The van der Waals surface area contributed by atoms with E-state index in [1.807, 2.05) is 32.8 Å². The Labute approximate surface area is 152 Å². The Morgan fingerprint density at radius 1 is 1.32 bits per heavy atom. The zero-order chi connectivity index (χ0) is 18.6. The van der Waals surface area contributed by atoms with Gasteiger partial charge in [-0.3, -0.25) is 9.59 Å². The maximum Gasteiger partial charge on any atom is 0.255 e. The van der Waals surface area contributed by atoms with E-state index in [9.17, 15) is 14.0 Å². The Morgan fingerprint density at radius 2 is 1.96 bits per heavy atom. The van der Waals surface area contributed by atoms with Crippen LogP contribution in [-0.2, 0) is 4.79 Å². The van der Waals surface area contributed by atoms with Crippen molar-refractivity contribution in [3.8, 4) is 0 Å². The topological polar surface area (TPSA) is 52.7 Å². The third-order valence-electron chi connectivity index (χ3n) is 4.09. The molecule has 2 amide bonds. The Morgan fingerprint density at radius 3 is 2.52 bits per heavy atom. The van der Waals surface area contributed by atoms with Gasteiger partial charge in [0.1, 0.15) is 11.9 Å². The zero-order valence-corrected chi connectivity index (χ0v) is 16.0. The summed E-state index contributed by atoms with van der Waals surface area (Å²) in [5.74, 6) is 0.0490. The summed E-state index contributed by atoms with van der Waals surface area (Å²) in [6, 6.07) is 4.98. The van der Waals surface area contributed by atoms with Crippen LogP contribution in [0.15, 0.2) is 24.3 Å². The number of amides is 2. The molecule has 1 heterocycles. The zero-order valence-electron chi connectivity index (χ0n) is 15.2. The number of hydrogen-bond acceptors (Lipinski definition) is 4. The summed E-state index contributed by atoms with van der Waals surface area (Å²) in [5, 5.41) is 2.85. The number of carbonyl (C=O) groups excluding carboxylic acids is 2. The molecule has 25 heavy (non-hydrogen) atoms. The van der Waals surface area contributed by atoms with Crippen molar-refractivity contribution in [1.82, 2.24) is 15.1 Å². The smallest absolute Gasteiger partial charge is 0.255 e. The van der Waals surface area contributed by atoms with Gasteiger partial charge >= 0.3 is 0 Å². The van der Waals surface area contributed by atoms with Crippen LogP contribution in [0.4, 0.5) is 4.39 Å². The third kappa shape index (κ3) is 4.95. The number of rotatable bonds is 6. The predicted molar refractivity (Wildman–Crippen MR) is 99.0 cm³/mol. The fourth-order valence-electron chi connectivity index (χ4n) is 2.76. The second-order valence-electron chi connectivity index (χ2n) is 6.80. The summed E-state index contributed by atoms with van der Waals surface area (Å²) in [6.45, 7) is 5.35. The van der Waals surface area contributed by atoms with Gasteiger partial charge in [0.05, 0.1) is 5.37 Å². The van der Waals surface area contributed by atoms with E-state index in [4.69, 9.17) is 0 Å². The van der Waals surface area contributed by atoms with Crippen LogP contribution in [0.2, 0.25) is 0 Å². The van der Waals surface area contributed by atoms with Crippen LogP contribution in [0.25, 0.3) is 0 Å². The number of nitrogens with zero attached hydrogens (tertiary/aromatic N) is 2. The lowest BCUT2D eigenvalue weighted by molar-refractivity contribution is -0.125. The van der Waals surface area contributed by atoms with E-state index in [1.165, 1.54) is 24.3 Å². The lowest BCUT2D eigenvalue weighted by Gasteiger charge is -2.31. The van der Waals surface area contributed by atoms with Crippen molar-refractivity contribution in [3.63, 3.8) is 0 Å². The standard InChI is InChI=1S/C18H26FN3O2S/c1-12(2)18-22(17(24)13-5-7-14(19)8-6-13)15(11-25-18)16(23)20-9-10-21(3)4/h5-8,12,15,18H,9-11H2,1-4H3,(H,20,23)/t15-,18-/m1/s1. The van der Waals surface area contributed by atoms with Gasteiger partial charge in [-0.05, 0) is 44.3 Å². The van der Waals surface area contributed by atoms with Crippen molar-refractivity contribution in [1.29, 1.82) is 0 Å². The van der Waals surface area contributed by atoms with E-state index >= 15 is 0 Å². The summed E-state index contributed by atoms with van der Waals surface area (Å²) < 4.78 is 13.1. The molecule has 2 rings (SSSR count). The maximum absolute atomic E-state index is 13.1. The van der Waals surface area contributed by atoms with Crippen molar-refractivity contribution < 1.29 is 14.0 Å². The minimum absolute atomic E-state index is 0.0675. The summed E-state index contributed by atoms with van der Waals surface area (Å²) >= 11 is 1.62. The van der Waals surface area contributed by atoms with Crippen molar-refractivity contribution in [3.05, 3.63) is 35.6 Å². The van der Waals surface area contributed by atoms with Crippen LogP contribution in [0.5, 0.6) is 0 Å². The molecule has 5 nitrogen and oxygen atoms in total. The number of likely N-dealkylation sites (N-methyl/N-ethyl adjacent to an activating group) is 1. The van der Waals surface area contributed by atoms with Crippen LogP contribution in [-0.4, -0.2) is 66.0 Å². The molecule has 138 valence electrons. The van der Waals surface area contributed by atoms with Crippen LogP contribution >= 0.6 is 11.8 Å². The van der Waals surface area contributed by atoms with E-state index < -0.39 is 6.04 Å². The molecule has 0 saturated carbocycles. The molecule has 0 aromatic heterocycles. The van der Waals surface area contributed by atoms with E-state index in [0.29, 0.717) is 17.9 Å². The van der Waals surface area contributed by atoms with Gasteiger partial charge in [-0.15, -0.1) is 11.8 Å². The molecule has 0 radical (unpaired) electrons. The molecule has 1 saturated heterocycles. The Kier molecular flexibility index (Phi) is 6.84. The highest BCUT2D eigenvalue weighted by molar-refractivity contribution is 8.00. The normalized spacial score (nSPS) is 20.4. The summed E-state index contributed by atoms with van der Waals surface area (Å²) in [5.41, 5.74) is 0.403. The molecule has 1 aliphatic rings. The number of thioether (sulfide) groups is 1. The van der Waals surface area contributed by atoms with Gasteiger partial charge in [-0.25, -0.2) is 4.39 Å². The van der Waals surface area contributed by atoms with Crippen LogP contribution in [0.3, 0.4) is 0 Å². The van der Waals surface area contributed by atoms with Crippen molar-refractivity contribution in [2.75, 3.05) is 32.9 Å². The van der Waals surface area contributed by atoms with Crippen LogP contribution < -0.4 is 5.32 Å². The number of halogens is 1. The maximum atomic E-state index is 13.1. The minimum atomic E-state index is -0.503. The van der Waals surface area contributed by atoms with Crippen LogP contribution in [0, 0.1) is 11.7 Å². The lowest BCUT2D eigenvalue weighted by Crippen LogP contribution is -2.51. The van der Waals surface area contributed by atoms with Gasteiger partial charge in [0, 0.05) is 24.4 Å². The summed E-state index contributed by atoms with van der Waals surface area (Å²) in [7, 11) is 3.88. The molecule has 2 atom stereocenters. The first kappa shape index (κ1) is 19.7. The fraction of sp³-hybridized carbons (Fsp3) is 0.556. The second kappa shape index (κ2) is 8.67. The molecule has 0 aliphatic carbocycles. The van der Waals surface area contributed by atoms with Gasteiger partial charge < -0.3 is 15.1 Å². The first-order chi connectivity index (χ1) is 11.8. The quantitative estimate of drug-likeness (QED) is 0.836. The summed E-state index contributed by atoms with van der Waals surface area (Å²) in [4.78, 5) is 29.2. The van der Waals surface area contributed by atoms with E-state index in [0.717, 1.165) is 6.54 Å². The highest BCUT2D eigenvalue weighted by atomic mass is 32.2. The highest BCUT2D eigenvalue weighted by Crippen LogP contribution is 2.35. The highest BCUT2D eigenvalue weighted by Gasteiger charge is 2.42. The minimum Gasteiger partial charge on any atom is -0.353 e. The Bertz CT molecular complexity index is 607. The first-order valence-corrected chi connectivity index (χ1v) is 9.48. The van der Waals surface area contributed by atoms with Gasteiger partial charge in [0.25, 0.3) is 5.91 Å². The average molecular weight is 367 g/mol. The van der Waals surface area contributed by atoms with Gasteiger partial charge in [-0.2, -0.15) is 0 Å². The molecule has 1 fully saturated rings. The van der Waals surface area contributed by atoms with Crippen molar-refractivity contribution in [2.24, 2.45) is 5.92 Å². The molecular weight excluding hydrogens is 341 g/mol. The fourth-order valence-corrected chi connectivity index (χ4v) is 4.24. The van der Waals surface area contributed by atoms with Crippen molar-refractivity contribution >= 4 is 23.6 Å². The van der Waals surface area contributed by atoms with E-state index in [2.05, 4.69) is 5.32 Å². The van der Waals surface area contributed by atoms with Gasteiger partial charge in [0.2, 0.25) is 5.91 Å². The van der Waals surface area contributed by atoms with Gasteiger partial charge in [-0.1, -0.05) is 13.8 Å². The number of nitrogens with one attached hydrogen (secondary N) is 1.